The van der Waals surface area contributed by atoms with Gasteiger partial charge in [-0.05, 0) is 53.8 Å². The number of ketones is 1. The highest BCUT2D eigenvalue weighted by molar-refractivity contribution is 14.1. The maximum Gasteiger partial charge on any atom is 0.276 e. The van der Waals surface area contributed by atoms with Crippen LogP contribution in [0.4, 0.5) is 5.69 Å². The predicted octanol–water partition coefficient (Wildman–Crippen LogP) is 3.98. The summed E-state index contributed by atoms with van der Waals surface area (Å²) in [6.07, 6.45) is 0. The second-order valence-electron chi connectivity index (χ2n) is 4.37. The van der Waals surface area contributed by atoms with E-state index in [1.54, 1.807) is 36.4 Å². The molecule has 0 amide bonds. The number of nitro groups is 1. The fourth-order valence-electron chi connectivity index (χ4n) is 1.84. The lowest BCUT2D eigenvalue weighted by atomic mass is 10.1. The third-order valence-corrected chi connectivity index (χ3v) is 3.79. The molecular formula is C15H12INO4. The molecule has 0 N–H and O–H groups in total. The second-order valence-corrected chi connectivity index (χ2v) is 5.53. The second kappa shape index (κ2) is 6.66. The Hall–Kier alpha value is -1.96. The van der Waals surface area contributed by atoms with Crippen molar-refractivity contribution in [3.8, 4) is 5.75 Å². The van der Waals surface area contributed by atoms with E-state index in [1.165, 1.54) is 13.0 Å². The van der Waals surface area contributed by atoms with Crippen LogP contribution >= 0.6 is 22.6 Å². The van der Waals surface area contributed by atoms with Crippen LogP contribution < -0.4 is 4.74 Å². The topological polar surface area (TPSA) is 69.4 Å². The number of benzene rings is 2. The highest BCUT2D eigenvalue weighted by Gasteiger charge is 2.13. The normalized spacial score (nSPS) is 10.2. The van der Waals surface area contributed by atoms with Gasteiger partial charge in [0, 0.05) is 15.2 Å². The first-order valence-corrected chi connectivity index (χ1v) is 7.22. The molecule has 0 radical (unpaired) electrons. The van der Waals surface area contributed by atoms with E-state index < -0.39 is 4.92 Å². The number of rotatable bonds is 5. The first-order valence-electron chi connectivity index (χ1n) is 6.14. The summed E-state index contributed by atoms with van der Waals surface area (Å²) in [5.74, 6) is 0.562. The molecule has 0 atom stereocenters. The Balaban J connectivity index is 2.16. The van der Waals surface area contributed by atoms with Crippen molar-refractivity contribution in [2.45, 2.75) is 13.5 Å². The van der Waals surface area contributed by atoms with E-state index in [4.69, 9.17) is 4.74 Å². The van der Waals surface area contributed by atoms with E-state index in [2.05, 4.69) is 22.6 Å². The number of nitrogens with zero attached hydrogens (tertiary/aromatic N) is 1. The first kappa shape index (κ1) is 15.4. The highest BCUT2D eigenvalue weighted by Crippen LogP contribution is 2.23. The highest BCUT2D eigenvalue weighted by atomic mass is 127. The zero-order chi connectivity index (χ0) is 15.4. The van der Waals surface area contributed by atoms with Crippen LogP contribution in [0.5, 0.6) is 5.75 Å². The van der Waals surface area contributed by atoms with Gasteiger partial charge in [-0.2, -0.15) is 0 Å². The third-order valence-electron chi connectivity index (χ3n) is 2.90. The van der Waals surface area contributed by atoms with Crippen molar-refractivity contribution < 1.29 is 14.5 Å². The molecule has 2 rings (SSSR count). The van der Waals surface area contributed by atoms with Gasteiger partial charge >= 0.3 is 0 Å². The Morgan fingerprint density at radius 3 is 2.62 bits per heavy atom. The Morgan fingerprint density at radius 2 is 2.00 bits per heavy atom. The minimum absolute atomic E-state index is 0.00959. The van der Waals surface area contributed by atoms with Crippen molar-refractivity contribution >= 4 is 34.1 Å². The largest absolute Gasteiger partial charge is 0.489 e. The molecule has 0 aliphatic carbocycles. The van der Waals surface area contributed by atoms with Gasteiger partial charge in [0.1, 0.15) is 12.4 Å². The molecule has 5 nitrogen and oxygen atoms in total. The molecule has 0 heterocycles. The van der Waals surface area contributed by atoms with Gasteiger partial charge in [-0.25, -0.2) is 0 Å². The van der Waals surface area contributed by atoms with Gasteiger partial charge in [-0.3, -0.25) is 14.9 Å². The molecular weight excluding hydrogens is 385 g/mol. The molecule has 0 saturated carbocycles. The van der Waals surface area contributed by atoms with E-state index in [0.29, 0.717) is 16.9 Å². The van der Waals surface area contributed by atoms with E-state index in [0.717, 1.165) is 3.57 Å². The van der Waals surface area contributed by atoms with Gasteiger partial charge in [0.15, 0.2) is 5.78 Å². The van der Waals surface area contributed by atoms with Crippen molar-refractivity contribution in [1.29, 1.82) is 0 Å². The van der Waals surface area contributed by atoms with Gasteiger partial charge < -0.3 is 4.74 Å². The molecule has 0 aromatic heterocycles. The third kappa shape index (κ3) is 3.78. The number of hydrogen-bond acceptors (Lipinski definition) is 4. The molecule has 0 fully saturated rings. The monoisotopic (exact) mass is 397 g/mol. The van der Waals surface area contributed by atoms with Gasteiger partial charge in [0.25, 0.3) is 5.69 Å². The molecule has 0 aliphatic heterocycles. The summed E-state index contributed by atoms with van der Waals surface area (Å²) in [4.78, 5) is 21.8. The Bertz CT molecular complexity index is 700. The summed E-state index contributed by atoms with van der Waals surface area (Å²) in [6.45, 7) is 1.61. The van der Waals surface area contributed by atoms with Crippen LogP contribution in [0.25, 0.3) is 0 Å². The van der Waals surface area contributed by atoms with E-state index in [-0.39, 0.29) is 18.1 Å². The van der Waals surface area contributed by atoms with Gasteiger partial charge in [0.2, 0.25) is 0 Å². The summed E-state index contributed by atoms with van der Waals surface area (Å²) in [5, 5.41) is 10.9. The summed E-state index contributed by atoms with van der Waals surface area (Å²) in [6, 6.07) is 11.6. The lowest BCUT2D eigenvalue weighted by Crippen LogP contribution is -2.01. The van der Waals surface area contributed by atoms with Crippen LogP contribution in [0, 0.1) is 13.7 Å². The van der Waals surface area contributed by atoms with E-state index in [1.807, 2.05) is 0 Å². The molecule has 2 aromatic rings. The van der Waals surface area contributed by atoms with E-state index >= 15 is 0 Å². The van der Waals surface area contributed by atoms with Crippen LogP contribution in [-0.2, 0) is 6.61 Å². The molecule has 21 heavy (non-hydrogen) atoms. The summed E-state index contributed by atoms with van der Waals surface area (Å²) < 4.78 is 6.37. The van der Waals surface area contributed by atoms with Crippen LogP contribution in [0.2, 0.25) is 0 Å². The minimum Gasteiger partial charge on any atom is -0.489 e. The number of hydrogen-bond donors (Lipinski definition) is 0. The van der Waals surface area contributed by atoms with Crippen molar-refractivity contribution in [3.63, 3.8) is 0 Å². The average Bonchev–Trinajstić information content (AvgIpc) is 2.45. The Labute approximate surface area is 135 Å². The van der Waals surface area contributed by atoms with Crippen LogP contribution in [-0.4, -0.2) is 10.7 Å². The maximum atomic E-state index is 11.4. The molecule has 0 spiro atoms. The molecule has 0 unspecified atom stereocenters. The molecule has 6 heteroatoms. The van der Waals surface area contributed by atoms with Gasteiger partial charge in [-0.15, -0.1) is 0 Å². The standard InChI is InChI=1S/C15H12INO4/c1-10(18)13-7-6-12(8-14(13)16)21-9-11-4-2-3-5-15(11)17(19)20/h2-8H,9H2,1H3. The van der Waals surface area contributed by atoms with Crippen molar-refractivity contribution in [2.75, 3.05) is 0 Å². The van der Waals surface area contributed by atoms with E-state index in [9.17, 15) is 14.9 Å². The first-order chi connectivity index (χ1) is 9.99. The number of para-hydroxylation sites is 1. The zero-order valence-corrected chi connectivity index (χ0v) is 13.4. The van der Waals surface area contributed by atoms with Crippen molar-refractivity contribution in [1.82, 2.24) is 0 Å². The SMILES string of the molecule is CC(=O)c1ccc(OCc2ccccc2[N+](=O)[O-])cc1I. The van der Waals surface area contributed by atoms with Gasteiger partial charge in [0.05, 0.1) is 10.5 Å². The Morgan fingerprint density at radius 1 is 1.29 bits per heavy atom. The molecule has 0 saturated heterocycles. The van der Waals surface area contributed by atoms with Crippen LogP contribution in [0.1, 0.15) is 22.8 Å². The average molecular weight is 397 g/mol. The van der Waals surface area contributed by atoms with Crippen molar-refractivity contribution in [3.05, 3.63) is 67.3 Å². The maximum absolute atomic E-state index is 11.4. The number of Topliss-reactive ketones (excluding diaryl/α,β-unsaturated/α-hetero) is 1. The zero-order valence-electron chi connectivity index (χ0n) is 11.2. The number of halogens is 1. The molecule has 0 aliphatic rings. The lowest BCUT2D eigenvalue weighted by Gasteiger charge is -2.08. The van der Waals surface area contributed by atoms with Crippen LogP contribution in [0.15, 0.2) is 42.5 Å². The van der Waals surface area contributed by atoms with Crippen LogP contribution in [0.3, 0.4) is 0 Å². The quantitative estimate of drug-likeness (QED) is 0.331. The van der Waals surface area contributed by atoms with Gasteiger partial charge in [-0.1, -0.05) is 12.1 Å². The summed E-state index contributed by atoms with van der Waals surface area (Å²) in [5.41, 5.74) is 1.18. The Kier molecular flexibility index (Phi) is 4.89. The summed E-state index contributed by atoms with van der Waals surface area (Å²) >= 11 is 2.06. The smallest absolute Gasteiger partial charge is 0.276 e. The molecule has 108 valence electrons. The number of nitro benzene ring substituents is 1. The fourth-order valence-corrected chi connectivity index (χ4v) is 2.71. The fraction of sp³-hybridized carbons (Fsp3) is 0.133. The molecule has 0 bridgehead atoms. The minimum atomic E-state index is -0.429. The number of ether oxygens (including phenoxy) is 1. The summed E-state index contributed by atoms with van der Waals surface area (Å²) in [7, 11) is 0. The number of carbonyl (C=O) groups is 1. The number of carbonyl (C=O) groups excluding carboxylic acids is 1. The lowest BCUT2D eigenvalue weighted by molar-refractivity contribution is -0.385. The molecule has 2 aromatic carbocycles. The van der Waals surface area contributed by atoms with Crippen molar-refractivity contribution in [2.24, 2.45) is 0 Å². The predicted molar refractivity (Wildman–Crippen MR) is 86.6 cm³/mol.